The zero-order chi connectivity index (χ0) is 27.3. The Morgan fingerprint density at radius 1 is 0.974 bits per heavy atom. The Morgan fingerprint density at radius 2 is 1.66 bits per heavy atom. The van der Waals surface area contributed by atoms with Crippen LogP contribution in [0.2, 0.25) is 0 Å². The molecule has 0 radical (unpaired) electrons. The molecule has 204 valence electrons. The maximum Gasteiger partial charge on any atom is 0.328 e. The first kappa shape index (κ1) is 27.6. The van der Waals surface area contributed by atoms with Crippen molar-refractivity contribution in [3.63, 3.8) is 0 Å². The van der Waals surface area contributed by atoms with Gasteiger partial charge in [0.05, 0.1) is 25.5 Å². The quantitative estimate of drug-likeness (QED) is 0.506. The number of methoxy groups -OCH3 is 2. The number of nitrogens with one attached hydrogen (secondary N) is 1. The topological polar surface area (TPSA) is 122 Å². The summed E-state index contributed by atoms with van der Waals surface area (Å²) >= 11 is 0. The first-order valence-corrected chi connectivity index (χ1v) is 14.0. The lowest BCUT2D eigenvalue weighted by Crippen LogP contribution is -2.47. The third-order valence-electron chi connectivity index (χ3n) is 7.46. The molecule has 2 aromatic carbocycles. The summed E-state index contributed by atoms with van der Waals surface area (Å²) in [7, 11) is -0.943. The van der Waals surface area contributed by atoms with Gasteiger partial charge in [0.2, 0.25) is 15.9 Å². The van der Waals surface area contributed by atoms with Crippen molar-refractivity contribution >= 4 is 27.8 Å². The van der Waals surface area contributed by atoms with E-state index in [0.29, 0.717) is 50.3 Å². The highest BCUT2D eigenvalue weighted by molar-refractivity contribution is 7.89. The lowest BCUT2D eigenvalue weighted by atomic mass is 9.78. The van der Waals surface area contributed by atoms with Gasteiger partial charge in [-0.3, -0.25) is 9.59 Å². The van der Waals surface area contributed by atoms with E-state index in [9.17, 15) is 22.8 Å². The van der Waals surface area contributed by atoms with Crippen LogP contribution in [-0.4, -0.2) is 81.8 Å². The summed E-state index contributed by atoms with van der Waals surface area (Å²) < 4.78 is 37.8. The molecule has 38 heavy (non-hydrogen) atoms. The van der Waals surface area contributed by atoms with E-state index in [-0.39, 0.29) is 22.6 Å². The summed E-state index contributed by atoms with van der Waals surface area (Å²) in [5.41, 5.74) is 0.203. The average molecular weight is 544 g/mol. The lowest BCUT2D eigenvalue weighted by Gasteiger charge is -2.38. The van der Waals surface area contributed by atoms with Crippen LogP contribution < -0.4 is 10.1 Å². The minimum absolute atomic E-state index is 0.176. The largest absolute Gasteiger partial charge is 0.497 e. The normalized spacial score (nSPS) is 18.1. The second-order valence-electron chi connectivity index (χ2n) is 9.77. The van der Waals surface area contributed by atoms with Gasteiger partial charge in [0.25, 0.3) is 5.91 Å². The highest BCUT2D eigenvalue weighted by atomic mass is 32.2. The van der Waals surface area contributed by atoms with Gasteiger partial charge in [0.1, 0.15) is 11.8 Å². The molecule has 2 amide bonds. The number of piperidine rings is 1. The molecule has 1 N–H and O–H groups in total. The molecule has 1 atom stereocenters. The Bertz CT molecular complexity index is 1270. The maximum atomic E-state index is 13.2. The molecular formula is C27H33N3O7S. The SMILES string of the molecule is COC(=O)C(CC(=O)N1CCC2(CCN(S(=O)(=O)c3cccc(OC)c3)CC2)C1)NC(=O)c1ccccc1. The molecule has 2 fully saturated rings. The van der Waals surface area contributed by atoms with Gasteiger partial charge in [-0.25, -0.2) is 13.2 Å². The van der Waals surface area contributed by atoms with Crippen LogP contribution in [0.1, 0.15) is 36.0 Å². The van der Waals surface area contributed by atoms with Gasteiger partial charge >= 0.3 is 5.97 Å². The lowest BCUT2D eigenvalue weighted by molar-refractivity contribution is -0.146. The minimum atomic E-state index is -3.65. The molecule has 2 aromatic rings. The van der Waals surface area contributed by atoms with E-state index in [1.54, 1.807) is 53.4 Å². The molecule has 0 aliphatic carbocycles. The summed E-state index contributed by atoms with van der Waals surface area (Å²) in [6, 6.07) is 13.8. The fraction of sp³-hybridized carbons (Fsp3) is 0.444. The minimum Gasteiger partial charge on any atom is -0.497 e. The Morgan fingerprint density at radius 3 is 2.32 bits per heavy atom. The maximum absolute atomic E-state index is 13.2. The highest BCUT2D eigenvalue weighted by Gasteiger charge is 2.44. The van der Waals surface area contributed by atoms with E-state index in [1.807, 2.05) is 0 Å². The molecule has 0 saturated carbocycles. The van der Waals surface area contributed by atoms with Gasteiger partial charge in [-0.05, 0) is 48.9 Å². The van der Waals surface area contributed by atoms with Crippen molar-refractivity contribution in [1.29, 1.82) is 0 Å². The second-order valence-corrected chi connectivity index (χ2v) is 11.7. The molecule has 2 heterocycles. The number of nitrogens with zero attached hydrogens (tertiary/aromatic N) is 2. The van der Waals surface area contributed by atoms with E-state index < -0.39 is 27.9 Å². The summed E-state index contributed by atoms with van der Waals surface area (Å²) in [6.45, 7) is 1.72. The van der Waals surface area contributed by atoms with Crippen LogP contribution in [0.3, 0.4) is 0 Å². The summed E-state index contributed by atoms with van der Waals surface area (Å²) in [6.07, 6.45) is 1.80. The van der Waals surface area contributed by atoms with Crippen LogP contribution in [0.25, 0.3) is 0 Å². The number of likely N-dealkylation sites (tertiary alicyclic amines) is 1. The second kappa shape index (κ2) is 11.5. The molecule has 1 unspecified atom stereocenters. The number of hydrogen-bond donors (Lipinski definition) is 1. The number of amides is 2. The van der Waals surface area contributed by atoms with Crippen LogP contribution in [0.4, 0.5) is 0 Å². The van der Waals surface area contributed by atoms with Crippen LogP contribution in [0.5, 0.6) is 5.75 Å². The Hall–Kier alpha value is -3.44. The summed E-state index contributed by atoms with van der Waals surface area (Å²) in [4.78, 5) is 39.9. The van der Waals surface area contributed by atoms with E-state index in [0.717, 1.165) is 6.42 Å². The van der Waals surface area contributed by atoms with Gasteiger partial charge in [-0.15, -0.1) is 0 Å². The Balaban J connectivity index is 1.36. The van der Waals surface area contributed by atoms with Gasteiger partial charge in [0, 0.05) is 37.8 Å². The van der Waals surface area contributed by atoms with Crippen molar-refractivity contribution in [2.24, 2.45) is 5.41 Å². The van der Waals surface area contributed by atoms with Crippen molar-refractivity contribution in [2.45, 2.75) is 36.6 Å². The number of ether oxygens (including phenoxy) is 2. The molecular weight excluding hydrogens is 510 g/mol. The zero-order valence-corrected chi connectivity index (χ0v) is 22.4. The number of rotatable bonds is 8. The van der Waals surface area contributed by atoms with Crippen molar-refractivity contribution in [3.8, 4) is 5.75 Å². The van der Waals surface area contributed by atoms with Gasteiger partial charge in [-0.1, -0.05) is 24.3 Å². The number of carbonyl (C=O) groups excluding carboxylic acids is 3. The molecule has 0 aromatic heterocycles. The number of hydrogen-bond acceptors (Lipinski definition) is 7. The van der Waals surface area contributed by atoms with E-state index >= 15 is 0 Å². The van der Waals surface area contributed by atoms with Crippen LogP contribution in [0, 0.1) is 5.41 Å². The van der Waals surface area contributed by atoms with Gasteiger partial charge < -0.3 is 19.7 Å². The summed E-state index contributed by atoms with van der Waals surface area (Å²) in [5, 5.41) is 2.61. The predicted octanol–water partition coefficient (Wildman–Crippen LogP) is 2.06. The smallest absolute Gasteiger partial charge is 0.328 e. The molecule has 2 aliphatic rings. The van der Waals surface area contributed by atoms with Crippen molar-refractivity contribution < 1.29 is 32.3 Å². The van der Waals surface area contributed by atoms with Crippen molar-refractivity contribution in [1.82, 2.24) is 14.5 Å². The number of benzene rings is 2. The number of carbonyl (C=O) groups is 3. The fourth-order valence-corrected chi connectivity index (χ4v) is 6.62. The van der Waals surface area contributed by atoms with Gasteiger partial charge in [-0.2, -0.15) is 4.31 Å². The van der Waals surface area contributed by atoms with Crippen LogP contribution in [0.15, 0.2) is 59.5 Å². The Labute approximate surface area is 222 Å². The van der Waals surface area contributed by atoms with Gasteiger partial charge in [0.15, 0.2) is 0 Å². The molecule has 2 aliphatic heterocycles. The van der Waals surface area contributed by atoms with Crippen LogP contribution in [-0.2, 0) is 24.3 Å². The molecule has 1 spiro atoms. The molecule has 0 bridgehead atoms. The van der Waals surface area contributed by atoms with Crippen LogP contribution >= 0.6 is 0 Å². The van der Waals surface area contributed by atoms with Crippen molar-refractivity contribution in [2.75, 3.05) is 40.4 Å². The molecule has 10 nitrogen and oxygen atoms in total. The predicted molar refractivity (Wildman–Crippen MR) is 139 cm³/mol. The molecule has 2 saturated heterocycles. The third-order valence-corrected chi connectivity index (χ3v) is 9.35. The standard InChI is InChI=1S/C27H33N3O7S/c1-36-21-9-6-10-22(17-21)38(34,35)30-15-12-27(13-16-30)11-14-29(19-27)24(31)18-23(26(33)37-2)28-25(32)20-7-4-3-5-8-20/h3-10,17,23H,11-16,18-19H2,1-2H3,(H,28,32). The zero-order valence-electron chi connectivity index (χ0n) is 21.6. The molecule has 4 rings (SSSR count). The van der Waals surface area contributed by atoms with E-state index in [4.69, 9.17) is 9.47 Å². The third kappa shape index (κ3) is 5.99. The monoisotopic (exact) mass is 543 g/mol. The highest BCUT2D eigenvalue weighted by Crippen LogP contribution is 2.41. The number of esters is 1. The number of sulfonamides is 1. The summed E-state index contributed by atoms with van der Waals surface area (Å²) in [5.74, 6) is -0.921. The van der Waals surface area contributed by atoms with E-state index in [1.165, 1.54) is 24.6 Å². The molecule has 11 heteroatoms. The van der Waals surface area contributed by atoms with Crippen molar-refractivity contribution in [3.05, 3.63) is 60.2 Å². The average Bonchev–Trinajstić information content (AvgIpc) is 3.36. The van der Waals surface area contributed by atoms with E-state index in [2.05, 4.69) is 5.32 Å². The first-order chi connectivity index (χ1) is 18.2. The Kier molecular flexibility index (Phi) is 8.37. The first-order valence-electron chi connectivity index (χ1n) is 12.5. The fourth-order valence-electron chi connectivity index (χ4n) is 5.14.